The van der Waals surface area contributed by atoms with Gasteiger partial charge in [-0.3, -0.25) is 9.80 Å². The van der Waals surface area contributed by atoms with Crippen molar-refractivity contribution < 1.29 is 9.84 Å². The van der Waals surface area contributed by atoms with Crippen molar-refractivity contribution in [2.45, 2.75) is 26.1 Å². The molecule has 7 heteroatoms. The monoisotopic (exact) mass is 407 g/mol. The maximum Gasteiger partial charge on any atom is 0.123 e. The number of nitrogens with zero attached hydrogens (tertiary/aromatic N) is 3. The van der Waals surface area contributed by atoms with Gasteiger partial charge in [-0.05, 0) is 20.0 Å². The predicted octanol–water partition coefficient (Wildman–Crippen LogP) is 2.87. The van der Waals surface area contributed by atoms with Crippen LogP contribution in [0.25, 0.3) is 0 Å². The summed E-state index contributed by atoms with van der Waals surface area (Å²) in [6, 6.07) is 8.09. The average molecular weight is 408 g/mol. The van der Waals surface area contributed by atoms with E-state index in [0.717, 1.165) is 59.7 Å². The molecule has 0 bridgehead atoms. The lowest BCUT2D eigenvalue weighted by Gasteiger charge is -2.28. The van der Waals surface area contributed by atoms with Gasteiger partial charge in [-0.1, -0.05) is 18.2 Å². The number of rotatable bonds is 9. The summed E-state index contributed by atoms with van der Waals surface area (Å²) in [7, 11) is 2.09. The molecule has 1 saturated heterocycles. The van der Waals surface area contributed by atoms with Crippen molar-refractivity contribution in [2.75, 3.05) is 44.8 Å². The third kappa shape index (κ3) is 6.76. The van der Waals surface area contributed by atoms with Crippen molar-refractivity contribution in [2.24, 2.45) is 0 Å². The minimum atomic E-state index is -0.461. The van der Waals surface area contributed by atoms with Gasteiger partial charge in [0.25, 0.3) is 0 Å². The number of hydrogen-bond donors (Lipinski definition) is 1. The van der Waals surface area contributed by atoms with E-state index >= 15 is 0 Å². The topological polar surface area (TPSA) is 48.8 Å². The fourth-order valence-corrected chi connectivity index (χ4v) is 4.98. The van der Waals surface area contributed by atoms with Gasteiger partial charge >= 0.3 is 0 Å². The Hall–Kier alpha value is -1.12. The van der Waals surface area contributed by atoms with E-state index in [1.807, 2.05) is 36.9 Å². The Morgan fingerprint density at radius 3 is 2.78 bits per heavy atom. The summed E-state index contributed by atoms with van der Waals surface area (Å²) in [5, 5.41) is 13.6. The van der Waals surface area contributed by atoms with E-state index in [2.05, 4.69) is 33.3 Å². The largest absolute Gasteiger partial charge is 0.491 e. The first-order valence-electron chi connectivity index (χ1n) is 9.38. The zero-order valence-electron chi connectivity index (χ0n) is 16.1. The summed E-state index contributed by atoms with van der Waals surface area (Å²) >= 11 is 3.68. The molecular weight excluding hydrogens is 378 g/mol. The fraction of sp³-hybridized carbons (Fsp3) is 0.550. The standard InChI is InChI=1S/C20H29N3O2S2/c1-16-15-27-20(21-16)13-22(2)11-17-5-3-4-6-19(17)25-14-18(24)12-23-7-9-26-10-8-23/h3-6,15,18,24H,7-14H2,1-2H3. The molecule has 1 aromatic heterocycles. The Labute approximate surface area is 170 Å². The van der Waals surface area contributed by atoms with Crippen molar-refractivity contribution in [1.29, 1.82) is 0 Å². The molecule has 0 aliphatic carbocycles. The molecule has 1 fully saturated rings. The van der Waals surface area contributed by atoms with E-state index in [-0.39, 0.29) is 0 Å². The molecule has 1 aliphatic heterocycles. The molecule has 1 N–H and O–H groups in total. The molecule has 27 heavy (non-hydrogen) atoms. The number of aliphatic hydroxyl groups excluding tert-OH is 1. The van der Waals surface area contributed by atoms with E-state index in [1.165, 1.54) is 0 Å². The molecule has 2 aromatic rings. The zero-order chi connectivity index (χ0) is 19.1. The van der Waals surface area contributed by atoms with E-state index in [0.29, 0.717) is 13.2 Å². The normalized spacial score (nSPS) is 16.6. The van der Waals surface area contributed by atoms with Gasteiger partial charge in [-0.25, -0.2) is 4.98 Å². The van der Waals surface area contributed by atoms with Gasteiger partial charge in [-0.2, -0.15) is 11.8 Å². The van der Waals surface area contributed by atoms with Crippen molar-refractivity contribution in [3.63, 3.8) is 0 Å². The first-order chi connectivity index (χ1) is 13.1. The Morgan fingerprint density at radius 2 is 2.04 bits per heavy atom. The number of hydrogen-bond acceptors (Lipinski definition) is 7. The highest BCUT2D eigenvalue weighted by atomic mass is 32.2. The van der Waals surface area contributed by atoms with Gasteiger partial charge in [0, 0.05) is 54.3 Å². The summed E-state index contributed by atoms with van der Waals surface area (Å²) in [5.41, 5.74) is 2.21. The predicted molar refractivity (Wildman–Crippen MR) is 114 cm³/mol. The third-order valence-corrected chi connectivity index (χ3v) is 6.38. The smallest absolute Gasteiger partial charge is 0.123 e. The van der Waals surface area contributed by atoms with Crippen LogP contribution in [0.3, 0.4) is 0 Å². The summed E-state index contributed by atoms with van der Waals surface area (Å²) in [6.45, 7) is 6.76. The number of aliphatic hydroxyl groups is 1. The van der Waals surface area contributed by atoms with Gasteiger partial charge in [0.05, 0.1) is 6.54 Å². The Kier molecular flexibility index (Phi) is 7.96. The van der Waals surface area contributed by atoms with Crippen molar-refractivity contribution in [3.8, 4) is 5.75 Å². The molecule has 5 nitrogen and oxygen atoms in total. The SMILES string of the molecule is Cc1csc(CN(C)Cc2ccccc2OCC(O)CN2CCSCC2)n1. The number of aryl methyl sites for hydroxylation is 1. The van der Waals surface area contributed by atoms with Crippen LogP contribution in [0.5, 0.6) is 5.75 Å². The van der Waals surface area contributed by atoms with Gasteiger partial charge in [-0.15, -0.1) is 11.3 Å². The summed E-state index contributed by atoms with van der Waals surface area (Å²) in [6.07, 6.45) is -0.461. The van der Waals surface area contributed by atoms with Crippen LogP contribution in [0.2, 0.25) is 0 Å². The minimum absolute atomic E-state index is 0.329. The number of aromatic nitrogens is 1. The lowest BCUT2D eigenvalue weighted by atomic mass is 10.2. The third-order valence-electron chi connectivity index (χ3n) is 4.49. The maximum absolute atomic E-state index is 10.3. The number of thioether (sulfide) groups is 1. The van der Waals surface area contributed by atoms with Crippen molar-refractivity contribution in [3.05, 3.63) is 45.9 Å². The number of ether oxygens (including phenoxy) is 1. The quantitative estimate of drug-likeness (QED) is 0.690. The second-order valence-corrected chi connectivity index (χ2v) is 9.21. The van der Waals surface area contributed by atoms with Crippen LogP contribution in [-0.2, 0) is 13.1 Å². The van der Waals surface area contributed by atoms with E-state index in [9.17, 15) is 5.11 Å². The van der Waals surface area contributed by atoms with Crippen LogP contribution in [-0.4, -0.2) is 70.8 Å². The molecule has 1 atom stereocenters. The van der Waals surface area contributed by atoms with Crippen molar-refractivity contribution >= 4 is 23.1 Å². The van der Waals surface area contributed by atoms with Crippen LogP contribution >= 0.6 is 23.1 Å². The van der Waals surface area contributed by atoms with Gasteiger partial charge in [0.15, 0.2) is 0 Å². The molecule has 1 unspecified atom stereocenters. The van der Waals surface area contributed by atoms with Gasteiger partial charge in [0.1, 0.15) is 23.5 Å². The molecule has 0 amide bonds. The minimum Gasteiger partial charge on any atom is -0.491 e. The second kappa shape index (κ2) is 10.4. The Bertz CT molecular complexity index is 704. The van der Waals surface area contributed by atoms with Gasteiger partial charge in [0.2, 0.25) is 0 Å². The average Bonchev–Trinajstić information content (AvgIpc) is 3.06. The van der Waals surface area contributed by atoms with Crippen molar-refractivity contribution in [1.82, 2.24) is 14.8 Å². The van der Waals surface area contributed by atoms with Crippen LogP contribution in [0.15, 0.2) is 29.6 Å². The summed E-state index contributed by atoms with van der Waals surface area (Å²) in [5.74, 6) is 3.16. The molecular formula is C20H29N3O2S2. The highest BCUT2D eigenvalue weighted by molar-refractivity contribution is 7.99. The molecule has 2 heterocycles. The summed E-state index contributed by atoms with van der Waals surface area (Å²) < 4.78 is 5.97. The highest BCUT2D eigenvalue weighted by Crippen LogP contribution is 2.21. The van der Waals surface area contributed by atoms with E-state index in [1.54, 1.807) is 11.3 Å². The summed E-state index contributed by atoms with van der Waals surface area (Å²) in [4.78, 5) is 9.09. The first-order valence-corrected chi connectivity index (χ1v) is 11.4. The number of para-hydroxylation sites is 1. The molecule has 148 valence electrons. The molecule has 0 radical (unpaired) electrons. The highest BCUT2D eigenvalue weighted by Gasteiger charge is 2.16. The molecule has 0 spiro atoms. The lowest BCUT2D eigenvalue weighted by Crippen LogP contribution is -2.40. The first kappa shape index (κ1) is 20.6. The number of benzene rings is 1. The van der Waals surface area contributed by atoms with E-state index < -0.39 is 6.10 Å². The van der Waals surface area contributed by atoms with Crippen LogP contribution in [0.1, 0.15) is 16.3 Å². The van der Waals surface area contributed by atoms with E-state index in [4.69, 9.17) is 4.74 Å². The number of thiazole rings is 1. The van der Waals surface area contributed by atoms with Crippen LogP contribution < -0.4 is 4.74 Å². The van der Waals surface area contributed by atoms with Gasteiger partial charge < -0.3 is 9.84 Å². The second-order valence-electron chi connectivity index (χ2n) is 7.04. The van der Waals surface area contributed by atoms with Crippen LogP contribution in [0, 0.1) is 6.92 Å². The zero-order valence-corrected chi connectivity index (χ0v) is 17.8. The molecule has 3 rings (SSSR count). The van der Waals surface area contributed by atoms with Crippen LogP contribution in [0.4, 0.5) is 0 Å². The number of β-amino-alcohol motifs (C(OH)–C–C–N with tert-alkyl or cyclic N) is 1. The molecule has 1 aliphatic rings. The molecule has 1 aromatic carbocycles. The molecule has 0 saturated carbocycles. The lowest BCUT2D eigenvalue weighted by molar-refractivity contribution is 0.0709. The Balaban J connectivity index is 1.50. The fourth-order valence-electron chi connectivity index (χ4n) is 3.15. The maximum atomic E-state index is 10.3. The Morgan fingerprint density at radius 1 is 1.26 bits per heavy atom.